The molecule has 0 N–H and O–H groups in total. The van der Waals surface area contributed by atoms with Crippen LogP contribution in [0.1, 0.15) is 5.56 Å². The van der Waals surface area contributed by atoms with E-state index in [-0.39, 0.29) is 0 Å². The maximum Gasteiger partial charge on any atom is 0.0702 e. The molecule has 0 bridgehead atoms. The van der Waals surface area contributed by atoms with Gasteiger partial charge in [-0.3, -0.25) is 9.98 Å². The molecule has 1 aromatic carbocycles. The van der Waals surface area contributed by atoms with Gasteiger partial charge < -0.3 is 0 Å². The van der Waals surface area contributed by atoms with Gasteiger partial charge in [0.1, 0.15) is 0 Å². The molecular weight excluding hydrogens is 232 g/mol. The Labute approximate surface area is 113 Å². The van der Waals surface area contributed by atoms with Gasteiger partial charge in [0.25, 0.3) is 0 Å². The Morgan fingerprint density at radius 1 is 1.16 bits per heavy atom. The van der Waals surface area contributed by atoms with Crippen molar-refractivity contribution in [3.05, 3.63) is 78.7 Å². The molecule has 0 saturated heterocycles. The molecule has 2 rings (SSSR count). The number of hydrogen-bond acceptors (Lipinski definition) is 2. The lowest BCUT2D eigenvalue weighted by atomic mass is 10.1. The molecule has 0 aliphatic rings. The summed E-state index contributed by atoms with van der Waals surface area (Å²) in [5.74, 6) is 0. The Hall–Kier alpha value is -2.48. The van der Waals surface area contributed by atoms with Gasteiger partial charge in [-0.15, -0.1) is 0 Å². The summed E-state index contributed by atoms with van der Waals surface area (Å²) < 4.78 is 0. The van der Waals surface area contributed by atoms with Crippen LogP contribution in [-0.2, 0) is 6.42 Å². The Morgan fingerprint density at radius 2 is 1.95 bits per heavy atom. The third kappa shape index (κ3) is 3.49. The van der Waals surface area contributed by atoms with E-state index in [4.69, 9.17) is 0 Å². The number of pyridine rings is 1. The largest absolute Gasteiger partial charge is 0.272 e. The van der Waals surface area contributed by atoms with E-state index in [0.29, 0.717) is 0 Å². The van der Waals surface area contributed by atoms with Crippen molar-refractivity contribution < 1.29 is 0 Å². The highest BCUT2D eigenvalue weighted by Gasteiger charge is 2.00. The predicted octanol–water partition coefficient (Wildman–Crippen LogP) is 4.06. The molecule has 0 saturated carbocycles. The summed E-state index contributed by atoms with van der Waals surface area (Å²) in [5.41, 5.74) is 4.27. The fourth-order valence-electron chi connectivity index (χ4n) is 1.83. The van der Waals surface area contributed by atoms with Gasteiger partial charge in [0.2, 0.25) is 0 Å². The van der Waals surface area contributed by atoms with E-state index in [9.17, 15) is 0 Å². The zero-order valence-electron chi connectivity index (χ0n) is 10.8. The lowest BCUT2D eigenvalue weighted by Gasteiger charge is -2.04. The molecule has 0 fully saturated rings. The number of rotatable bonds is 5. The summed E-state index contributed by atoms with van der Waals surface area (Å²) in [6.45, 7) is 7.22. The minimum atomic E-state index is 0.768. The number of nitrogens with zero attached hydrogens (tertiary/aromatic N) is 2. The Bertz CT molecular complexity index is 580. The zero-order valence-corrected chi connectivity index (χ0v) is 10.8. The molecule has 0 aliphatic carbocycles. The molecule has 0 unspecified atom stereocenters. The Balaban J connectivity index is 2.17. The van der Waals surface area contributed by atoms with Gasteiger partial charge in [-0.2, -0.15) is 0 Å². The number of aliphatic imine (C=N–C) groups is 1. The lowest BCUT2D eigenvalue weighted by molar-refractivity contribution is 1.14. The zero-order chi connectivity index (χ0) is 13.5. The van der Waals surface area contributed by atoms with Crippen molar-refractivity contribution in [3.8, 4) is 11.3 Å². The molecule has 0 amide bonds. The van der Waals surface area contributed by atoms with Crippen molar-refractivity contribution in [3.63, 3.8) is 0 Å². The smallest absolute Gasteiger partial charge is 0.0702 e. The number of allylic oxidation sites excluding steroid dienone is 2. The second kappa shape index (κ2) is 6.45. The third-order valence-corrected chi connectivity index (χ3v) is 2.82. The van der Waals surface area contributed by atoms with E-state index in [1.54, 1.807) is 12.3 Å². The maximum atomic E-state index is 4.49. The lowest BCUT2D eigenvalue weighted by Crippen LogP contribution is -1.90. The van der Waals surface area contributed by atoms with Gasteiger partial charge in [-0.1, -0.05) is 49.1 Å². The average Bonchev–Trinajstić information content (AvgIpc) is 2.48. The van der Waals surface area contributed by atoms with Crippen molar-refractivity contribution in [2.75, 3.05) is 0 Å². The van der Waals surface area contributed by atoms with Crippen molar-refractivity contribution >= 4 is 6.72 Å². The van der Waals surface area contributed by atoms with Crippen molar-refractivity contribution in [1.29, 1.82) is 0 Å². The Morgan fingerprint density at radius 3 is 2.53 bits per heavy atom. The van der Waals surface area contributed by atoms with E-state index in [1.165, 1.54) is 0 Å². The van der Waals surface area contributed by atoms with Gasteiger partial charge in [-0.05, 0) is 23.9 Å². The van der Waals surface area contributed by atoms with Gasteiger partial charge in [0, 0.05) is 24.4 Å². The van der Waals surface area contributed by atoms with Crippen LogP contribution in [0.5, 0.6) is 0 Å². The summed E-state index contributed by atoms with van der Waals surface area (Å²) in [6.07, 6.45) is 6.17. The fourth-order valence-corrected chi connectivity index (χ4v) is 1.83. The molecule has 19 heavy (non-hydrogen) atoms. The van der Waals surface area contributed by atoms with Crippen LogP contribution in [0.4, 0.5) is 0 Å². The molecule has 2 heteroatoms. The first-order valence-electron chi connectivity index (χ1n) is 6.11. The van der Waals surface area contributed by atoms with Gasteiger partial charge in [0.15, 0.2) is 0 Å². The van der Waals surface area contributed by atoms with Gasteiger partial charge >= 0.3 is 0 Å². The second-order valence-corrected chi connectivity index (χ2v) is 4.19. The minimum absolute atomic E-state index is 0.768. The van der Waals surface area contributed by atoms with Crippen LogP contribution in [-0.4, -0.2) is 11.7 Å². The monoisotopic (exact) mass is 248 g/mol. The first kappa shape index (κ1) is 13.0. The standard InChI is InChI=1S/C17H16N2/c1-3-14(12-18-2)11-15-9-10-17(19-13-15)16-7-5-4-6-8-16/h3-10,12-13H,1-2,11H2/b14-12+. The SMILES string of the molecule is C=C/C(=C\N=C)Cc1ccc(-c2ccccc2)nc1. The van der Waals surface area contributed by atoms with E-state index in [2.05, 4.69) is 41.5 Å². The van der Waals surface area contributed by atoms with Crippen LogP contribution in [0.3, 0.4) is 0 Å². The van der Waals surface area contributed by atoms with Crippen LogP contribution in [0.25, 0.3) is 11.3 Å². The highest BCUT2D eigenvalue weighted by Crippen LogP contribution is 2.17. The molecule has 0 radical (unpaired) electrons. The molecule has 0 atom stereocenters. The highest BCUT2D eigenvalue weighted by atomic mass is 14.7. The van der Waals surface area contributed by atoms with Gasteiger partial charge in [-0.25, -0.2) is 0 Å². The molecule has 94 valence electrons. The van der Waals surface area contributed by atoms with Crippen molar-refractivity contribution in [1.82, 2.24) is 4.98 Å². The average molecular weight is 248 g/mol. The molecule has 1 heterocycles. The van der Waals surface area contributed by atoms with Gasteiger partial charge in [0.05, 0.1) is 5.69 Å². The van der Waals surface area contributed by atoms with Crippen LogP contribution >= 0.6 is 0 Å². The van der Waals surface area contributed by atoms with Crippen molar-refractivity contribution in [2.45, 2.75) is 6.42 Å². The highest BCUT2D eigenvalue weighted by molar-refractivity contribution is 5.58. The van der Waals surface area contributed by atoms with E-state index in [0.717, 1.165) is 28.8 Å². The number of aromatic nitrogens is 1. The van der Waals surface area contributed by atoms with Crippen LogP contribution < -0.4 is 0 Å². The minimum Gasteiger partial charge on any atom is -0.272 e. The van der Waals surface area contributed by atoms with E-state index in [1.807, 2.05) is 30.5 Å². The number of hydrogen-bond donors (Lipinski definition) is 0. The molecule has 2 aromatic rings. The first-order valence-corrected chi connectivity index (χ1v) is 6.11. The van der Waals surface area contributed by atoms with E-state index < -0.39 is 0 Å². The Kier molecular flexibility index (Phi) is 4.40. The maximum absolute atomic E-state index is 4.49. The van der Waals surface area contributed by atoms with E-state index >= 15 is 0 Å². The topological polar surface area (TPSA) is 25.2 Å². The molecule has 2 nitrogen and oxygen atoms in total. The quantitative estimate of drug-likeness (QED) is 0.578. The molecule has 1 aromatic heterocycles. The van der Waals surface area contributed by atoms with Crippen LogP contribution in [0, 0.1) is 0 Å². The normalized spacial score (nSPS) is 11.1. The summed E-state index contributed by atoms with van der Waals surface area (Å²) >= 11 is 0. The molecule has 0 aliphatic heterocycles. The summed E-state index contributed by atoms with van der Waals surface area (Å²) in [6, 6.07) is 14.2. The van der Waals surface area contributed by atoms with Crippen molar-refractivity contribution in [2.24, 2.45) is 4.99 Å². The second-order valence-electron chi connectivity index (χ2n) is 4.19. The van der Waals surface area contributed by atoms with Crippen LogP contribution in [0.15, 0.2) is 78.1 Å². The third-order valence-electron chi connectivity index (χ3n) is 2.82. The molecular formula is C17H16N2. The van der Waals surface area contributed by atoms with Crippen LogP contribution in [0.2, 0.25) is 0 Å². The predicted molar refractivity (Wildman–Crippen MR) is 81.2 cm³/mol. The summed E-state index contributed by atoms with van der Waals surface area (Å²) in [7, 11) is 0. The molecule has 0 spiro atoms. The number of benzene rings is 1. The summed E-state index contributed by atoms with van der Waals surface area (Å²) in [4.78, 5) is 8.25. The first-order chi connectivity index (χ1) is 9.33. The summed E-state index contributed by atoms with van der Waals surface area (Å²) in [5, 5.41) is 0. The fraction of sp³-hybridized carbons (Fsp3) is 0.0588.